The van der Waals surface area contributed by atoms with Crippen LogP contribution in [0.1, 0.15) is 39.2 Å². The van der Waals surface area contributed by atoms with Crippen LogP contribution in [0.25, 0.3) is 0 Å². The van der Waals surface area contributed by atoms with E-state index >= 15 is 0 Å². The molecule has 0 aliphatic carbocycles. The third-order valence-corrected chi connectivity index (χ3v) is 2.63. The van der Waals surface area contributed by atoms with Gasteiger partial charge in [0.25, 0.3) is 0 Å². The largest absolute Gasteiger partial charge is 0.492 e. The lowest BCUT2D eigenvalue weighted by atomic mass is 9.93. The summed E-state index contributed by atoms with van der Waals surface area (Å²) >= 11 is 5.61. The third-order valence-electron chi connectivity index (χ3n) is 2.44. The maximum Gasteiger partial charge on any atom is 0.134 e. The molecule has 1 aromatic rings. The van der Waals surface area contributed by atoms with Gasteiger partial charge in [0.05, 0.1) is 12.2 Å². The first-order valence-corrected chi connectivity index (χ1v) is 6.83. The summed E-state index contributed by atoms with van der Waals surface area (Å²) in [6.45, 7) is 7.35. The number of para-hydroxylation sites is 1. The molecule has 0 aliphatic rings. The molecule has 0 aliphatic heterocycles. The topological polar surface area (TPSA) is 9.23 Å². The lowest BCUT2D eigenvalue weighted by Crippen LogP contribution is -2.11. The number of halogens is 1. The van der Waals surface area contributed by atoms with E-state index in [0.29, 0.717) is 17.7 Å². The van der Waals surface area contributed by atoms with Crippen LogP contribution in [-0.2, 0) is 0 Å². The molecule has 98 valence electrons. The molecule has 18 heavy (non-hydrogen) atoms. The van der Waals surface area contributed by atoms with Gasteiger partial charge >= 0.3 is 0 Å². The molecule has 0 saturated heterocycles. The Labute approximate surface area is 115 Å². The normalized spacial score (nSPS) is 10.7. The molecular weight excluding hydrogens is 244 g/mol. The zero-order valence-electron chi connectivity index (χ0n) is 11.4. The van der Waals surface area contributed by atoms with E-state index < -0.39 is 0 Å². The fraction of sp³-hybridized carbons (Fsp3) is 0.500. The first-order chi connectivity index (χ1) is 8.53. The molecule has 0 amide bonds. The Bertz CT molecular complexity index is 421. The van der Waals surface area contributed by atoms with Crippen molar-refractivity contribution < 1.29 is 4.74 Å². The maximum absolute atomic E-state index is 5.81. The van der Waals surface area contributed by atoms with E-state index in [1.54, 1.807) is 0 Å². The molecule has 1 nitrogen and oxygen atoms in total. The van der Waals surface area contributed by atoms with Crippen molar-refractivity contribution in [2.75, 3.05) is 12.5 Å². The van der Waals surface area contributed by atoms with Gasteiger partial charge in [-0.05, 0) is 24.0 Å². The third kappa shape index (κ3) is 5.98. The average molecular weight is 265 g/mol. The van der Waals surface area contributed by atoms with E-state index in [-0.39, 0.29) is 0 Å². The highest BCUT2D eigenvalue weighted by atomic mass is 35.5. The van der Waals surface area contributed by atoms with Crippen molar-refractivity contribution in [1.29, 1.82) is 0 Å². The van der Waals surface area contributed by atoms with Gasteiger partial charge < -0.3 is 4.74 Å². The summed E-state index contributed by atoms with van der Waals surface area (Å²) in [6.07, 6.45) is 1.73. The van der Waals surface area contributed by atoms with Crippen LogP contribution in [-0.4, -0.2) is 12.5 Å². The highest BCUT2D eigenvalue weighted by molar-refractivity contribution is 6.18. The minimum atomic E-state index is 0.291. The number of ether oxygens (including phenoxy) is 1. The zero-order valence-corrected chi connectivity index (χ0v) is 12.2. The smallest absolute Gasteiger partial charge is 0.134 e. The minimum Gasteiger partial charge on any atom is -0.492 e. The van der Waals surface area contributed by atoms with Gasteiger partial charge in [0.15, 0.2) is 0 Å². The highest BCUT2D eigenvalue weighted by Crippen LogP contribution is 2.21. The monoisotopic (exact) mass is 264 g/mol. The molecular formula is C16H21ClO. The second-order valence-corrected chi connectivity index (χ2v) is 5.77. The van der Waals surface area contributed by atoms with Crippen molar-refractivity contribution in [2.24, 2.45) is 5.41 Å². The summed E-state index contributed by atoms with van der Waals surface area (Å²) in [6, 6.07) is 7.89. The van der Waals surface area contributed by atoms with E-state index in [1.165, 1.54) is 0 Å². The molecule has 2 heteroatoms. The average Bonchev–Trinajstić information content (AvgIpc) is 2.30. The maximum atomic E-state index is 5.81. The van der Waals surface area contributed by atoms with Gasteiger partial charge in [-0.15, -0.1) is 11.6 Å². The van der Waals surface area contributed by atoms with Crippen molar-refractivity contribution in [3.05, 3.63) is 29.8 Å². The first-order valence-electron chi connectivity index (χ1n) is 6.29. The van der Waals surface area contributed by atoms with Crippen LogP contribution in [0.15, 0.2) is 24.3 Å². The van der Waals surface area contributed by atoms with E-state index in [9.17, 15) is 0 Å². The molecule has 0 heterocycles. The summed E-state index contributed by atoms with van der Waals surface area (Å²) < 4.78 is 5.81. The zero-order chi connectivity index (χ0) is 13.4. The molecule has 0 unspecified atom stereocenters. The molecule has 1 rings (SSSR count). The predicted molar refractivity (Wildman–Crippen MR) is 78.2 cm³/mol. The lowest BCUT2D eigenvalue weighted by molar-refractivity contribution is 0.242. The van der Waals surface area contributed by atoms with Crippen LogP contribution in [0, 0.1) is 17.3 Å². The van der Waals surface area contributed by atoms with Gasteiger partial charge in [-0.3, -0.25) is 0 Å². The lowest BCUT2D eigenvalue weighted by Gasteiger charge is -2.18. The minimum absolute atomic E-state index is 0.291. The second kappa shape index (κ2) is 7.34. The highest BCUT2D eigenvalue weighted by Gasteiger charge is 2.10. The van der Waals surface area contributed by atoms with Crippen LogP contribution in [0.5, 0.6) is 5.75 Å². The van der Waals surface area contributed by atoms with Crippen LogP contribution < -0.4 is 4.74 Å². The van der Waals surface area contributed by atoms with Gasteiger partial charge in [-0.1, -0.05) is 44.7 Å². The second-order valence-electron chi connectivity index (χ2n) is 5.40. The van der Waals surface area contributed by atoms with Gasteiger partial charge in [-0.25, -0.2) is 0 Å². The number of hydrogen-bond acceptors (Lipinski definition) is 1. The number of hydrogen-bond donors (Lipinski definition) is 0. The fourth-order valence-corrected chi connectivity index (χ4v) is 1.46. The van der Waals surface area contributed by atoms with Crippen LogP contribution in [0.2, 0.25) is 0 Å². The predicted octanol–water partition coefficient (Wildman–Crippen LogP) is 4.48. The Balaban J connectivity index is 2.63. The van der Waals surface area contributed by atoms with Crippen molar-refractivity contribution in [1.82, 2.24) is 0 Å². The molecule has 0 N–H and O–H groups in total. The van der Waals surface area contributed by atoms with Crippen LogP contribution in [0.4, 0.5) is 0 Å². The van der Waals surface area contributed by atoms with Gasteiger partial charge in [-0.2, -0.15) is 0 Å². The molecule has 1 aromatic carbocycles. The van der Waals surface area contributed by atoms with Crippen molar-refractivity contribution in [2.45, 2.75) is 33.6 Å². The van der Waals surface area contributed by atoms with Crippen molar-refractivity contribution >= 4 is 11.6 Å². The van der Waals surface area contributed by atoms with E-state index in [1.807, 2.05) is 24.3 Å². The molecule has 0 bridgehead atoms. The van der Waals surface area contributed by atoms with Gasteiger partial charge in [0.2, 0.25) is 0 Å². The first kappa shape index (κ1) is 14.9. The Kier molecular flexibility index (Phi) is 6.09. The summed E-state index contributed by atoms with van der Waals surface area (Å²) in [7, 11) is 0. The number of rotatable bonds is 4. The quantitative estimate of drug-likeness (QED) is 0.575. The molecule has 0 fully saturated rings. The Morgan fingerprint density at radius 3 is 2.61 bits per heavy atom. The van der Waals surface area contributed by atoms with Crippen LogP contribution in [0.3, 0.4) is 0 Å². The fourth-order valence-electron chi connectivity index (χ4n) is 1.37. The van der Waals surface area contributed by atoms with Gasteiger partial charge in [0, 0.05) is 12.3 Å². The molecule has 0 spiro atoms. The molecule has 0 aromatic heterocycles. The van der Waals surface area contributed by atoms with E-state index in [2.05, 4.69) is 32.6 Å². The van der Waals surface area contributed by atoms with Crippen molar-refractivity contribution in [3.63, 3.8) is 0 Å². The van der Waals surface area contributed by atoms with E-state index in [4.69, 9.17) is 16.3 Å². The van der Waals surface area contributed by atoms with Gasteiger partial charge in [0.1, 0.15) is 5.75 Å². The van der Waals surface area contributed by atoms with Crippen LogP contribution >= 0.6 is 11.6 Å². The number of benzene rings is 1. The van der Waals surface area contributed by atoms with Crippen molar-refractivity contribution in [3.8, 4) is 17.6 Å². The Morgan fingerprint density at radius 2 is 1.94 bits per heavy atom. The SMILES string of the molecule is CC(C)(C)CCOc1ccccc1C#CCCCl. The summed E-state index contributed by atoms with van der Waals surface area (Å²) in [4.78, 5) is 0. The summed E-state index contributed by atoms with van der Waals surface area (Å²) in [5.41, 5.74) is 1.23. The Hall–Kier alpha value is -1.13. The van der Waals surface area contributed by atoms with E-state index in [0.717, 1.165) is 24.3 Å². The molecule has 0 radical (unpaired) electrons. The standard InChI is InChI=1S/C16H21ClO/c1-16(2,3)11-13-18-15-10-5-4-8-14(15)9-6-7-12-17/h4-5,8,10H,7,11-13H2,1-3H3. The number of alkyl halides is 1. The molecule has 0 saturated carbocycles. The summed E-state index contributed by atoms with van der Waals surface area (Å²) in [5.74, 6) is 7.57. The Morgan fingerprint density at radius 1 is 1.22 bits per heavy atom. The molecule has 0 atom stereocenters. The summed E-state index contributed by atoms with van der Waals surface area (Å²) in [5, 5.41) is 0.